The lowest BCUT2D eigenvalue weighted by Crippen LogP contribution is -2.05. The summed E-state index contributed by atoms with van der Waals surface area (Å²) in [5.74, 6) is 0.151. The van der Waals surface area contributed by atoms with Crippen LogP contribution in [0.25, 0.3) is 11.8 Å². The monoisotopic (exact) mass is 432 g/mol. The summed E-state index contributed by atoms with van der Waals surface area (Å²) >= 11 is 0. The summed E-state index contributed by atoms with van der Waals surface area (Å²) in [5, 5.41) is 9.62. The molecule has 0 spiro atoms. The Bertz CT molecular complexity index is 1290. The third-order valence-electron chi connectivity index (χ3n) is 5.18. The molecule has 3 aromatic rings. The number of allylic oxidation sites excluding steroid dienone is 1. The number of nitrogens with zero attached hydrogens (tertiary/aromatic N) is 2. The summed E-state index contributed by atoms with van der Waals surface area (Å²) in [6.45, 7) is 7.51. The van der Waals surface area contributed by atoms with Crippen LogP contribution in [-0.2, 0) is 9.84 Å². The minimum absolute atomic E-state index is 0.00624. The third-order valence-corrected chi connectivity index (χ3v) is 6.86. The Hall–Kier alpha value is -3.43. The highest BCUT2D eigenvalue weighted by atomic mass is 32.2. The van der Waals surface area contributed by atoms with Crippen LogP contribution in [0.5, 0.6) is 0 Å². The fourth-order valence-electron chi connectivity index (χ4n) is 3.45. The van der Waals surface area contributed by atoms with Crippen LogP contribution in [0.1, 0.15) is 54.0 Å². The van der Waals surface area contributed by atoms with E-state index in [1.807, 2.05) is 35.8 Å². The van der Waals surface area contributed by atoms with Gasteiger partial charge in [0.1, 0.15) is 11.0 Å². The Kier molecular flexibility index (Phi) is 6.28. The lowest BCUT2D eigenvalue weighted by molar-refractivity contribution is 0.101. The van der Waals surface area contributed by atoms with Gasteiger partial charge in [0.2, 0.25) is 9.84 Å². The second-order valence-corrected chi connectivity index (χ2v) is 9.56. The lowest BCUT2D eigenvalue weighted by atomic mass is 10.1. The van der Waals surface area contributed by atoms with E-state index in [2.05, 4.69) is 13.8 Å². The fraction of sp³-hybridized carbons (Fsp3) is 0.200. The van der Waals surface area contributed by atoms with Crippen molar-refractivity contribution in [2.24, 2.45) is 0 Å². The second-order valence-electron chi connectivity index (χ2n) is 7.64. The quantitative estimate of drug-likeness (QED) is 0.383. The maximum Gasteiger partial charge on any atom is 0.216 e. The zero-order valence-electron chi connectivity index (χ0n) is 18.0. The van der Waals surface area contributed by atoms with Crippen LogP contribution in [-0.4, -0.2) is 18.8 Å². The van der Waals surface area contributed by atoms with Gasteiger partial charge in [-0.25, -0.2) is 8.42 Å². The maximum atomic E-state index is 12.9. The van der Waals surface area contributed by atoms with E-state index in [-0.39, 0.29) is 21.5 Å². The number of hydrogen-bond donors (Lipinski definition) is 0. The number of sulfone groups is 1. The van der Waals surface area contributed by atoms with Gasteiger partial charge in [0.05, 0.1) is 4.90 Å². The molecular weight excluding hydrogens is 408 g/mol. The first-order valence-corrected chi connectivity index (χ1v) is 11.4. The van der Waals surface area contributed by atoms with Gasteiger partial charge in [0, 0.05) is 22.6 Å². The number of benzene rings is 2. The Balaban J connectivity index is 2.16. The van der Waals surface area contributed by atoms with Crippen molar-refractivity contribution < 1.29 is 13.2 Å². The Morgan fingerprint density at radius 2 is 1.68 bits per heavy atom. The summed E-state index contributed by atoms with van der Waals surface area (Å²) in [6, 6.07) is 19.0. The van der Waals surface area contributed by atoms with Crippen LogP contribution in [0.4, 0.5) is 0 Å². The SMILES string of the molecule is CC(=O)c1ccc(-n2c(C(C)C)cc(/C=C(\C#N)S(=O)(=O)c3ccccc3)c2C)cc1. The van der Waals surface area contributed by atoms with Crippen molar-refractivity contribution in [2.75, 3.05) is 0 Å². The molecule has 1 heterocycles. The highest BCUT2D eigenvalue weighted by molar-refractivity contribution is 7.95. The zero-order chi connectivity index (χ0) is 22.8. The number of carbonyl (C=O) groups excluding carboxylic acids is 1. The van der Waals surface area contributed by atoms with Crippen LogP contribution in [0.3, 0.4) is 0 Å². The molecule has 0 bridgehead atoms. The van der Waals surface area contributed by atoms with Crippen molar-refractivity contribution >= 4 is 21.7 Å². The number of Topliss-reactive ketones (excluding diaryl/α,β-unsaturated/α-hetero) is 1. The molecule has 0 saturated carbocycles. The average Bonchev–Trinajstić information content (AvgIpc) is 3.08. The van der Waals surface area contributed by atoms with Crippen molar-refractivity contribution in [3.05, 3.63) is 88.1 Å². The summed E-state index contributed by atoms with van der Waals surface area (Å²) in [7, 11) is -3.92. The standard InChI is InChI=1S/C25H24N2O3S/c1-17(2)25-15-21(14-24(16-26)31(29,30)23-8-6-5-7-9-23)18(3)27(25)22-12-10-20(11-13-22)19(4)28/h5-15,17H,1-4H3/b24-14+. The molecule has 3 rings (SSSR count). The molecule has 31 heavy (non-hydrogen) atoms. The molecule has 1 aromatic heterocycles. The second kappa shape index (κ2) is 8.75. The van der Waals surface area contributed by atoms with Gasteiger partial charge in [0.25, 0.3) is 0 Å². The lowest BCUT2D eigenvalue weighted by Gasteiger charge is -2.14. The van der Waals surface area contributed by atoms with Crippen LogP contribution in [0.2, 0.25) is 0 Å². The van der Waals surface area contributed by atoms with E-state index in [0.29, 0.717) is 11.1 Å². The van der Waals surface area contributed by atoms with Crippen LogP contribution in [0.15, 0.2) is 70.5 Å². The van der Waals surface area contributed by atoms with Gasteiger partial charge in [-0.3, -0.25) is 4.79 Å². The number of aromatic nitrogens is 1. The largest absolute Gasteiger partial charge is 0.317 e. The van der Waals surface area contributed by atoms with Gasteiger partial charge in [-0.15, -0.1) is 0 Å². The molecule has 0 aliphatic heterocycles. The number of rotatable bonds is 6. The summed E-state index contributed by atoms with van der Waals surface area (Å²) in [5.41, 5.74) is 3.95. The molecule has 5 nitrogen and oxygen atoms in total. The molecule has 0 aliphatic carbocycles. The van der Waals surface area contributed by atoms with Gasteiger partial charge in [-0.1, -0.05) is 32.0 Å². The highest BCUT2D eigenvalue weighted by Gasteiger charge is 2.22. The number of hydrogen-bond acceptors (Lipinski definition) is 4. The Morgan fingerprint density at radius 1 is 1.06 bits per heavy atom. The minimum Gasteiger partial charge on any atom is -0.317 e. The number of ketones is 1. The highest BCUT2D eigenvalue weighted by Crippen LogP contribution is 2.30. The van der Waals surface area contributed by atoms with Crippen LogP contribution < -0.4 is 0 Å². The first-order chi connectivity index (χ1) is 14.7. The molecule has 0 radical (unpaired) electrons. The van der Waals surface area contributed by atoms with Crippen LogP contribution in [0, 0.1) is 18.3 Å². The molecule has 6 heteroatoms. The first kappa shape index (κ1) is 22.3. The summed E-state index contributed by atoms with van der Waals surface area (Å²) in [4.78, 5) is 11.4. The van der Waals surface area contributed by atoms with Crippen molar-refractivity contribution in [1.82, 2.24) is 4.57 Å². The molecule has 0 N–H and O–H groups in total. The minimum atomic E-state index is -3.92. The van der Waals surface area contributed by atoms with Crippen molar-refractivity contribution in [3.8, 4) is 11.8 Å². The predicted octanol–water partition coefficient (Wildman–Crippen LogP) is 5.45. The predicted molar refractivity (Wildman–Crippen MR) is 122 cm³/mol. The fourth-order valence-corrected chi connectivity index (χ4v) is 4.62. The molecule has 0 aliphatic rings. The van der Waals surface area contributed by atoms with E-state index >= 15 is 0 Å². The molecule has 0 amide bonds. The van der Waals surface area contributed by atoms with Gasteiger partial charge >= 0.3 is 0 Å². The average molecular weight is 433 g/mol. The van der Waals surface area contributed by atoms with Gasteiger partial charge in [0.15, 0.2) is 5.78 Å². The zero-order valence-corrected chi connectivity index (χ0v) is 18.8. The van der Waals surface area contributed by atoms with Crippen molar-refractivity contribution in [1.29, 1.82) is 5.26 Å². The van der Waals surface area contributed by atoms with Gasteiger partial charge in [-0.05, 0) is 73.9 Å². The van der Waals surface area contributed by atoms with E-state index in [1.165, 1.54) is 25.1 Å². The van der Waals surface area contributed by atoms with Gasteiger partial charge < -0.3 is 4.57 Å². The first-order valence-electron chi connectivity index (χ1n) is 9.92. The molecule has 0 saturated heterocycles. The Labute approximate surface area is 183 Å². The third kappa shape index (κ3) is 4.37. The molecule has 158 valence electrons. The smallest absolute Gasteiger partial charge is 0.216 e. The van der Waals surface area contributed by atoms with E-state index in [1.54, 1.807) is 30.3 Å². The molecular formula is C25H24N2O3S. The van der Waals surface area contributed by atoms with E-state index < -0.39 is 9.84 Å². The number of carbonyl (C=O) groups is 1. The number of nitriles is 1. The molecule has 2 aromatic carbocycles. The summed E-state index contributed by atoms with van der Waals surface area (Å²) in [6.07, 6.45) is 1.43. The van der Waals surface area contributed by atoms with E-state index in [0.717, 1.165) is 17.1 Å². The maximum absolute atomic E-state index is 12.9. The molecule has 0 atom stereocenters. The normalized spacial score (nSPS) is 12.1. The summed E-state index contributed by atoms with van der Waals surface area (Å²) < 4.78 is 27.9. The van der Waals surface area contributed by atoms with Crippen LogP contribution >= 0.6 is 0 Å². The molecule has 0 unspecified atom stereocenters. The Morgan fingerprint density at radius 3 is 2.19 bits per heavy atom. The van der Waals surface area contributed by atoms with E-state index in [4.69, 9.17) is 0 Å². The van der Waals surface area contributed by atoms with Gasteiger partial charge in [-0.2, -0.15) is 5.26 Å². The van der Waals surface area contributed by atoms with Crippen molar-refractivity contribution in [3.63, 3.8) is 0 Å². The van der Waals surface area contributed by atoms with E-state index in [9.17, 15) is 18.5 Å². The topological polar surface area (TPSA) is 79.9 Å². The van der Waals surface area contributed by atoms with Crippen molar-refractivity contribution in [2.45, 2.75) is 38.5 Å². The molecule has 0 fully saturated rings.